The van der Waals surface area contributed by atoms with E-state index in [9.17, 15) is 9.90 Å². The van der Waals surface area contributed by atoms with Crippen LogP contribution in [0.1, 0.15) is 16.1 Å². The number of hydrogen-bond acceptors (Lipinski definition) is 5. The van der Waals surface area contributed by atoms with Gasteiger partial charge in [0.1, 0.15) is 5.69 Å². The second-order valence-electron chi connectivity index (χ2n) is 7.22. The second kappa shape index (κ2) is 7.10. The molecule has 7 nitrogen and oxygen atoms in total. The summed E-state index contributed by atoms with van der Waals surface area (Å²) in [5.74, 6) is -0.133. The zero-order valence-corrected chi connectivity index (χ0v) is 17.7. The fourth-order valence-electron chi connectivity index (χ4n) is 3.81. The van der Waals surface area contributed by atoms with Crippen LogP contribution in [0.4, 0.5) is 5.69 Å². The van der Waals surface area contributed by atoms with Gasteiger partial charge in [0.05, 0.1) is 21.9 Å². The smallest absolute Gasteiger partial charge is 0.296 e. The van der Waals surface area contributed by atoms with Crippen LogP contribution in [0.25, 0.3) is 23.0 Å². The van der Waals surface area contributed by atoms with Crippen molar-refractivity contribution in [3.63, 3.8) is 0 Å². The highest BCUT2D eigenvalue weighted by Crippen LogP contribution is 2.34. The number of nitrogens with zero attached hydrogens (tertiary/aromatic N) is 4. The Bertz CT molecular complexity index is 1500. The van der Waals surface area contributed by atoms with Gasteiger partial charge >= 0.3 is 0 Å². The third-order valence-electron chi connectivity index (χ3n) is 5.43. The van der Waals surface area contributed by atoms with Gasteiger partial charge in [0, 0.05) is 24.4 Å². The molecule has 0 saturated carbocycles. The first-order valence-corrected chi connectivity index (χ1v) is 10.5. The van der Waals surface area contributed by atoms with Crippen LogP contribution in [0, 0.1) is 12.3 Å². The Morgan fingerprint density at radius 3 is 2.58 bits per heavy atom. The van der Waals surface area contributed by atoms with Crippen molar-refractivity contribution in [2.24, 2.45) is 12.0 Å². The number of aromatic nitrogens is 3. The van der Waals surface area contributed by atoms with E-state index in [1.165, 1.54) is 9.25 Å². The number of allylic oxidation sites excluding steroid dienone is 1. The Morgan fingerprint density at radius 1 is 1.10 bits per heavy atom. The van der Waals surface area contributed by atoms with E-state index < -0.39 is 0 Å². The number of nitrogens with one attached hydrogen (secondary N) is 1. The van der Waals surface area contributed by atoms with Gasteiger partial charge in [-0.05, 0) is 31.2 Å². The monoisotopic (exact) mass is 429 g/mol. The van der Waals surface area contributed by atoms with Crippen molar-refractivity contribution < 1.29 is 5.11 Å². The number of aliphatic imine (C=N–C) groups is 1. The summed E-state index contributed by atoms with van der Waals surface area (Å²) in [5, 5.41) is 19.5. The maximum Gasteiger partial charge on any atom is 0.296 e. The summed E-state index contributed by atoms with van der Waals surface area (Å²) in [6.45, 7) is 1.80. The third-order valence-corrected chi connectivity index (χ3v) is 6.33. The molecule has 0 radical (unpaired) electrons. The van der Waals surface area contributed by atoms with Crippen molar-refractivity contribution in [1.29, 1.82) is 5.41 Å². The zero-order valence-electron chi connectivity index (χ0n) is 16.9. The number of benzene rings is 2. The minimum atomic E-state index is -0.301. The first kappa shape index (κ1) is 19.1. The van der Waals surface area contributed by atoms with E-state index in [1.807, 2.05) is 54.6 Å². The average molecular weight is 430 g/mol. The summed E-state index contributed by atoms with van der Waals surface area (Å²) in [7, 11) is 1.79. The van der Waals surface area contributed by atoms with Crippen LogP contribution in [0.2, 0.25) is 0 Å². The molecule has 1 aliphatic heterocycles. The van der Waals surface area contributed by atoms with Gasteiger partial charge in [-0.2, -0.15) is 0 Å². The maximum atomic E-state index is 13.3. The normalized spacial score (nSPS) is 13.8. The summed E-state index contributed by atoms with van der Waals surface area (Å²) < 4.78 is 4.58. The molecule has 0 bridgehead atoms. The molecule has 0 amide bonds. The molecular weight excluding hydrogens is 410 g/mol. The molecule has 3 heterocycles. The Balaban J connectivity index is 1.67. The predicted octanol–water partition coefficient (Wildman–Crippen LogP) is 3.78. The molecule has 0 aliphatic carbocycles. The summed E-state index contributed by atoms with van der Waals surface area (Å²) in [6, 6.07) is 17.1. The first-order valence-electron chi connectivity index (χ1n) is 9.66. The highest BCUT2D eigenvalue weighted by molar-refractivity contribution is 7.10. The summed E-state index contributed by atoms with van der Waals surface area (Å²) in [5.41, 5.74) is 4.01. The van der Waals surface area contributed by atoms with Crippen molar-refractivity contribution in [2.75, 3.05) is 0 Å². The van der Waals surface area contributed by atoms with E-state index in [0.29, 0.717) is 16.3 Å². The molecule has 0 fully saturated rings. The number of fused-ring (bicyclic) bond motifs is 1. The molecule has 154 valence electrons. The quantitative estimate of drug-likeness (QED) is 0.519. The van der Waals surface area contributed by atoms with Crippen molar-refractivity contribution in [2.45, 2.75) is 6.92 Å². The largest absolute Gasteiger partial charge is 0.493 e. The molecule has 0 atom stereocenters. The van der Waals surface area contributed by atoms with Gasteiger partial charge in [-0.15, -0.1) is 0 Å². The number of thiazole rings is 1. The van der Waals surface area contributed by atoms with E-state index in [0.717, 1.165) is 28.2 Å². The van der Waals surface area contributed by atoms with Crippen LogP contribution in [-0.2, 0) is 7.05 Å². The molecular formula is C23H19N5O2S. The lowest BCUT2D eigenvalue weighted by Crippen LogP contribution is -2.23. The fourth-order valence-corrected chi connectivity index (χ4v) is 4.66. The van der Waals surface area contributed by atoms with E-state index in [1.54, 1.807) is 30.9 Å². The van der Waals surface area contributed by atoms with Crippen molar-refractivity contribution in [3.05, 3.63) is 85.9 Å². The molecule has 2 aromatic carbocycles. The summed E-state index contributed by atoms with van der Waals surface area (Å²) >= 11 is 1.11. The van der Waals surface area contributed by atoms with E-state index in [4.69, 9.17) is 5.41 Å². The van der Waals surface area contributed by atoms with E-state index in [-0.39, 0.29) is 21.9 Å². The van der Waals surface area contributed by atoms with Crippen molar-refractivity contribution in [1.82, 2.24) is 13.9 Å². The second-order valence-corrected chi connectivity index (χ2v) is 8.25. The molecule has 5 rings (SSSR count). The van der Waals surface area contributed by atoms with Gasteiger partial charge in [-0.25, -0.2) is 9.25 Å². The molecule has 2 aromatic heterocycles. The Hall–Kier alpha value is -3.91. The molecule has 0 saturated heterocycles. The maximum absolute atomic E-state index is 13.3. The SMILES string of the molecule is Cc1c(-n2c(O)c(/C=C3/C=Nc4ccccc43)sc2=N)c(=O)n(-c2ccccc2)n1C. The first-order chi connectivity index (χ1) is 15.0. The van der Waals surface area contributed by atoms with Crippen LogP contribution in [-0.4, -0.2) is 25.3 Å². The molecule has 0 unspecified atom stereocenters. The van der Waals surface area contributed by atoms with Crippen LogP contribution < -0.4 is 10.4 Å². The van der Waals surface area contributed by atoms with Gasteiger partial charge in [0.2, 0.25) is 5.88 Å². The fraction of sp³-hybridized carbons (Fsp3) is 0.0870. The molecule has 0 spiro atoms. The third kappa shape index (κ3) is 2.91. The lowest BCUT2D eigenvalue weighted by Gasteiger charge is -2.07. The lowest BCUT2D eigenvalue weighted by molar-refractivity contribution is 0.438. The average Bonchev–Trinajstić information content (AvgIpc) is 3.37. The van der Waals surface area contributed by atoms with E-state index >= 15 is 0 Å². The van der Waals surface area contributed by atoms with Crippen molar-refractivity contribution in [3.8, 4) is 17.3 Å². The molecule has 4 aromatic rings. The standard InChI is InChI=1S/C23H19N5O2S/c1-14-20(22(30)28(26(14)2)16-8-4-3-5-9-16)27-21(29)19(31-23(27)24)12-15-13-25-18-11-7-6-10-17(15)18/h3-13,24,29H,1-2H3/b15-12-,24-23?. The number of aromatic hydroxyl groups is 1. The lowest BCUT2D eigenvalue weighted by atomic mass is 10.1. The zero-order chi connectivity index (χ0) is 21.7. The topological polar surface area (TPSA) is 88.3 Å². The van der Waals surface area contributed by atoms with Gasteiger partial charge in [0.15, 0.2) is 4.80 Å². The predicted molar refractivity (Wildman–Crippen MR) is 123 cm³/mol. The minimum Gasteiger partial charge on any atom is -0.493 e. The minimum absolute atomic E-state index is 0.0681. The van der Waals surface area contributed by atoms with Gasteiger partial charge in [0.25, 0.3) is 5.56 Å². The van der Waals surface area contributed by atoms with Crippen LogP contribution >= 0.6 is 11.3 Å². The van der Waals surface area contributed by atoms with Crippen molar-refractivity contribution >= 4 is 34.9 Å². The molecule has 31 heavy (non-hydrogen) atoms. The number of para-hydroxylation sites is 2. The van der Waals surface area contributed by atoms with E-state index in [2.05, 4.69) is 4.99 Å². The Morgan fingerprint density at radius 2 is 1.81 bits per heavy atom. The summed E-state index contributed by atoms with van der Waals surface area (Å²) in [6.07, 6.45) is 3.55. The van der Waals surface area contributed by atoms with Crippen LogP contribution in [0.15, 0.2) is 64.4 Å². The number of hydrogen-bond donors (Lipinski definition) is 2. The highest BCUT2D eigenvalue weighted by Gasteiger charge is 2.23. The molecule has 8 heteroatoms. The van der Waals surface area contributed by atoms with Gasteiger partial charge in [-0.3, -0.25) is 19.9 Å². The highest BCUT2D eigenvalue weighted by atomic mass is 32.1. The van der Waals surface area contributed by atoms with Gasteiger partial charge < -0.3 is 5.11 Å². The Kier molecular flexibility index (Phi) is 4.37. The Labute approximate surface area is 181 Å². The van der Waals surface area contributed by atoms with Crippen LogP contribution in [0.5, 0.6) is 5.88 Å². The molecule has 2 N–H and O–H groups in total. The van der Waals surface area contributed by atoms with Crippen LogP contribution in [0.3, 0.4) is 0 Å². The van der Waals surface area contributed by atoms with Gasteiger partial charge in [-0.1, -0.05) is 47.7 Å². The summed E-state index contributed by atoms with van der Waals surface area (Å²) in [4.78, 5) is 18.3. The molecule has 1 aliphatic rings. The number of rotatable bonds is 3.